The van der Waals surface area contributed by atoms with Gasteiger partial charge in [-0.2, -0.15) is 0 Å². The van der Waals surface area contributed by atoms with Crippen LogP contribution in [0.15, 0.2) is 72.0 Å². The summed E-state index contributed by atoms with van der Waals surface area (Å²) in [6.07, 6.45) is 11.3. The van der Waals surface area contributed by atoms with Crippen molar-refractivity contribution in [2.75, 3.05) is 31.1 Å². The lowest BCUT2D eigenvalue weighted by Gasteiger charge is -2.28. The topological polar surface area (TPSA) is 6.48 Å². The van der Waals surface area contributed by atoms with Gasteiger partial charge in [0.15, 0.2) is 0 Å². The van der Waals surface area contributed by atoms with Crippen molar-refractivity contribution in [1.29, 1.82) is 0 Å². The molecule has 3 rings (SSSR count). The van der Waals surface area contributed by atoms with Crippen LogP contribution in [-0.4, -0.2) is 31.1 Å². The van der Waals surface area contributed by atoms with Crippen molar-refractivity contribution in [3.05, 3.63) is 88.6 Å². The number of allylic oxidation sites excluding steroid dienone is 4. The van der Waals surface area contributed by atoms with Gasteiger partial charge in [-0.15, -0.1) is 0 Å². The number of nitrogens with zero attached hydrogens (tertiary/aromatic N) is 2. The standard InChI is InChI=1S/C34H42N2/c1-5-25-35(26-6-2)33-21-17-31(18-22-33)15-13-29-9-11-30(12-10-29)14-16-32-19-23-34(24-20-32)36(27-7-3)28-8-4/h9-12,17-19,21-23H,5-8,20,24-28H2,1-4H3. The lowest BCUT2D eigenvalue weighted by Crippen LogP contribution is -2.25. The third-order valence-electron chi connectivity index (χ3n) is 6.34. The zero-order valence-corrected chi connectivity index (χ0v) is 22.7. The summed E-state index contributed by atoms with van der Waals surface area (Å²) >= 11 is 0. The fourth-order valence-corrected chi connectivity index (χ4v) is 4.53. The van der Waals surface area contributed by atoms with E-state index in [1.165, 1.54) is 29.8 Å². The van der Waals surface area contributed by atoms with Crippen molar-refractivity contribution >= 4 is 5.69 Å². The molecular weight excluding hydrogens is 436 g/mol. The second-order valence-corrected chi connectivity index (χ2v) is 9.45. The average Bonchev–Trinajstić information content (AvgIpc) is 2.92. The fraction of sp³-hybridized carbons (Fsp3) is 0.412. The Morgan fingerprint density at radius 2 is 0.972 bits per heavy atom. The Morgan fingerprint density at radius 3 is 1.42 bits per heavy atom. The summed E-state index contributed by atoms with van der Waals surface area (Å²) in [6.45, 7) is 13.4. The van der Waals surface area contributed by atoms with Crippen LogP contribution in [-0.2, 0) is 0 Å². The maximum absolute atomic E-state index is 3.38. The van der Waals surface area contributed by atoms with E-state index in [0.29, 0.717) is 0 Å². The van der Waals surface area contributed by atoms with Crippen molar-refractivity contribution in [1.82, 2.24) is 4.90 Å². The van der Waals surface area contributed by atoms with Gasteiger partial charge in [-0.3, -0.25) is 0 Å². The molecule has 2 aromatic rings. The third-order valence-corrected chi connectivity index (χ3v) is 6.34. The number of benzene rings is 2. The molecule has 0 unspecified atom stereocenters. The Morgan fingerprint density at radius 1 is 0.528 bits per heavy atom. The molecule has 0 saturated heterocycles. The van der Waals surface area contributed by atoms with Crippen molar-refractivity contribution in [3.8, 4) is 23.7 Å². The molecule has 0 fully saturated rings. The first-order valence-corrected chi connectivity index (χ1v) is 13.8. The highest BCUT2D eigenvalue weighted by Crippen LogP contribution is 2.22. The monoisotopic (exact) mass is 478 g/mol. The van der Waals surface area contributed by atoms with E-state index in [2.05, 4.69) is 122 Å². The first kappa shape index (κ1) is 27.2. The Kier molecular flexibility index (Phi) is 11.3. The first-order chi connectivity index (χ1) is 17.7. The first-order valence-electron chi connectivity index (χ1n) is 13.8. The SMILES string of the molecule is CCCN(CCC)C1=CC=C(C#Cc2ccc(C#Cc3ccc(N(CCC)CCC)cc3)cc2)CC1. The minimum atomic E-state index is 1.01. The van der Waals surface area contributed by atoms with E-state index in [1.54, 1.807) is 0 Å². The van der Waals surface area contributed by atoms with Crippen LogP contribution in [0.4, 0.5) is 5.69 Å². The van der Waals surface area contributed by atoms with Gasteiger partial charge in [0.2, 0.25) is 0 Å². The molecule has 0 radical (unpaired) electrons. The molecule has 1 aliphatic carbocycles. The van der Waals surface area contributed by atoms with Gasteiger partial charge in [-0.25, -0.2) is 0 Å². The molecule has 0 spiro atoms. The van der Waals surface area contributed by atoms with Crippen molar-refractivity contribution in [2.45, 2.75) is 66.2 Å². The molecule has 0 atom stereocenters. The predicted octanol–water partition coefficient (Wildman–Crippen LogP) is 7.79. The van der Waals surface area contributed by atoms with E-state index in [4.69, 9.17) is 0 Å². The summed E-state index contributed by atoms with van der Waals surface area (Å²) in [5, 5.41) is 0. The lowest BCUT2D eigenvalue weighted by atomic mass is 10.0. The van der Waals surface area contributed by atoms with Crippen LogP contribution in [0.5, 0.6) is 0 Å². The zero-order valence-electron chi connectivity index (χ0n) is 22.7. The van der Waals surface area contributed by atoms with E-state index in [-0.39, 0.29) is 0 Å². The molecule has 0 N–H and O–H groups in total. The van der Waals surface area contributed by atoms with E-state index in [1.807, 2.05) is 0 Å². The van der Waals surface area contributed by atoms with Gasteiger partial charge >= 0.3 is 0 Å². The molecular formula is C34H42N2. The lowest BCUT2D eigenvalue weighted by molar-refractivity contribution is 0.331. The Hall–Kier alpha value is -3.36. The van der Waals surface area contributed by atoms with Gasteiger partial charge in [0.1, 0.15) is 0 Å². The van der Waals surface area contributed by atoms with E-state index in [9.17, 15) is 0 Å². The molecule has 0 amide bonds. The Balaban J connectivity index is 1.61. The normalized spacial score (nSPS) is 12.4. The highest BCUT2D eigenvalue weighted by atomic mass is 15.1. The third kappa shape index (κ3) is 8.39. The van der Waals surface area contributed by atoms with Gasteiger partial charge < -0.3 is 9.80 Å². The van der Waals surface area contributed by atoms with Crippen LogP contribution >= 0.6 is 0 Å². The summed E-state index contributed by atoms with van der Waals surface area (Å²) in [7, 11) is 0. The van der Waals surface area contributed by atoms with Crippen LogP contribution in [0.25, 0.3) is 0 Å². The van der Waals surface area contributed by atoms with Crippen LogP contribution in [0.2, 0.25) is 0 Å². The molecule has 0 aliphatic heterocycles. The molecule has 0 saturated carbocycles. The summed E-state index contributed by atoms with van der Waals surface area (Å²) in [4.78, 5) is 4.98. The zero-order chi connectivity index (χ0) is 25.6. The van der Waals surface area contributed by atoms with E-state index in [0.717, 1.165) is 68.6 Å². The predicted molar refractivity (Wildman–Crippen MR) is 156 cm³/mol. The maximum atomic E-state index is 3.38. The van der Waals surface area contributed by atoms with Crippen LogP contribution in [0, 0.1) is 23.7 Å². The van der Waals surface area contributed by atoms with Gasteiger partial charge in [0, 0.05) is 59.8 Å². The molecule has 1 aliphatic rings. The molecule has 0 bridgehead atoms. The Bertz CT molecular complexity index is 1120. The second-order valence-electron chi connectivity index (χ2n) is 9.45. The molecule has 2 heteroatoms. The largest absolute Gasteiger partial charge is 0.375 e. The fourth-order valence-electron chi connectivity index (χ4n) is 4.53. The maximum Gasteiger partial charge on any atom is 0.0367 e. The quantitative estimate of drug-likeness (QED) is 0.322. The van der Waals surface area contributed by atoms with Crippen LogP contribution in [0.1, 0.15) is 82.9 Å². The summed E-state index contributed by atoms with van der Waals surface area (Å²) in [6, 6.07) is 16.9. The number of anilines is 1. The minimum Gasteiger partial charge on any atom is -0.375 e. The van der Waals surface area contributed by atoms with Crippen molar-refractivity contribution in [2.24, 2.45) is 0 Å². The molecule has 0 heterocycles. The summed E-state index contributed by atoms with van der Waals surface area (Å²) in [5.74, 6) is 13.3. The minimum absolute atomic E-state index is 1.01. The Labute approximate surface area is 220 Å². The van der Waals surface area contributed by atoms with Crippen LogP contribution < -0.4 is 4.90 Å². The van der Waals surface area contributed by atoms with Crippen molar-refractivity contribution in [3.63, 3.8) is 0 Å². The van der Waals surface area contributed by atoms with Crippen LogP contribution in [0.3, 0.4) is 0 Å². The second kappa shape index (κ2) is 14.9. The number of hydrogen-bond acceptors (Lipinski definition) is 2. The number of hydrogen-bond donors (Lipinski definition) is 0. The molecule has 2 nitrogen and oxygen atoms in total. The summed E-state index contributed by atoms with van der Waals surface area (Å²) in [5.41, 5.74) is 7.05. The summed E-state index contributed by atoms with van der Waals surface area (Å²) < 4.78 is 0. The highest BCUT2D eigenvalue weighted by Gasteiger charge is 2.11. The molecule has 0 aromatic heterocycles. The van der Waals surface area contributed by atoms with E-state index < -0.39 is 0 Å². The van der Waals surface area contributed by atoms with Gasteiger partial charge in [0.05, 0.1) is 0 Å². The van der Waals surface area contributed by atoms with Gasteiger partial charge in [0.25, 0.3) is 0 Å². The van der Waals surface area contributed by atoms with Gasteiger partial charge in [-0.05, 0) is 99.2 Å². The molecule has 36 heavy (non-hydrogen) atoms. The number of rotatable bonds is 10. The average molecular weight is 479 g/mol. The smallest absolute Gasteiger partial charge is 0.0367 e. The molecule has 2 aromatic carbocycles. The highest BCUT2D eigenvalue weighted by molar-refractivity contribution is 5.52. The molecule has 188 valence electrons. The van der Waals surface area contributed by atoms with E-state index >= 15 is 0 Å². The van der Waals surface area contributed by atoms with Gasteiger partial charge in [-0.1, -0.05) is 51.4 Å². The van der Waals surface area contributed by atoms with Crippen molar-refractivity contribution < 1.29 is 0 Å².